The van der Waals surface area contributed by atoms with Gasteiger partial charge >= 0.3 is 5.97 Å². The number of nitro groups is 1. The third-order valence-corrected chi connectivity index (χ3v) is 3.24. The van der Waals surface area contributed by atoms with Gasteiger partial charge in [0.05, 0.1) is 12.0 Å². The van der Waals surface area contributed by atoms with Crippen molar-refractivity contribution < 1.29 is 23.9 Å². The Hall–Kier alpha value is -3.35. The molecule has 0 atom stereocenters. The Balaban J connectivity index is 2.02. The second kappa shape index (κ2) is 8.49. The average molecular weight is 343 g/mol. The molecule has 0 amide bonds. The zero-order valence-corrected chi connectivity index (χ0v) is 13.8. The van der Waals surface area contributed by atoms with Crippen molar-refractivity contribution in [1.82, 2.24) is 0 Å². The lowest BCUT2D eigenvalue weighted by Crippen LogP contribution is -2.18. The van der Waals surface area contributed by atoms with E-state index in [1.807, 2.05) is 25.1 Å². The number of carbonyl (C=O) groups is 1. The highest BCUT2D eigenvalue weighted by molar-refractivity contribution is 5.75. The smallest absolute Gasteiger partial charge is 0.349 e. The molecule has 2 rings (SSSR count). The van der Waals surface area contributed by atoms with E-state index in [9.17, 15) is 14.9 Å². The molecule has 130 valence electrons. The summed E-state index contributed by atoms with van der Waals surface area (Å²) < 4.78 is 15.8. The molecule has 2 aromatic rings. The second-order valence-corrected chi connectivity index (χ2v) is 5.04. The van der Waals surface area contributed by atoms with Crippen molar-refractivity contribution in [3.63, 3.8) is 0 Å². The van der Waals surface area contributed by atoms with Crippen LogP contribution in [0, 0.1) is 17.0 Å². The molecule has 0 unspecified atom stereocenters. The average Bonchev–Trinajstić information content (AvgIpc) is 2.60. The van der Waals surface area contributed by atoms with Gasteiger partial charge in [0, 0.05) is 6.08 Å². The van der Waals surface area contributed by atoms with E-state index in [0.29, 0.717) is 11.3 Å². The minimum atomic E-state index is -0.588. The van der Waals surface area contributed by atoms with E-state index in [4.69, 9.17) is 14.2 Å². The largest absolute Gasteiger partial charge is 0.493 e. The third kappa shape index (κ3) is 5.35. The van der Waals surface area contributed by atoms with Gasteiger partial charge in [-0.25, -0.2) is 4.79 Å². The number of ether oxygens (including phenoxy) is 3. The van der Waals surface area contributed by atoms with Crippen molar-refractivity contribution in [1.29, 1.82) is 0 Å². The van der Waals surface area contributed by atoms with Gasteiger partial charge in [-0.1, -0.05) is 24.3 Å². The monoisotopic (exact) mass is 343 g/mol. The quantitative estimate of drug-likeness (QED) is 0.332. The maximum Gasteiger partial charge on any atom is 0.349 e. The summed E-state index contributed by atoms with van der Waals surface area (Å²) in [6.45, 7) is 1.62. The van der Waals surface area contributed by atoms with Crippen LogP contribution in [0.25, 0.3) is 6.08 Å². The number of methoxy groups -OCH3 is 1. The van der Waals surface area contributed by atoms with Gasteiger partial charge in [-0.05, 0) is 36.2 Å². The van der Waals surface area contributed by atoms with E-state index in [1.165, 1.54) is 25.3 Å². The molecular formula is C18H17NO6. The molecule has 7 heteroatoms. The van der Waals surface area contributed by atoms with Crippen LogP contribution < -0.4 is 14.2 Å². The Morgan fingerprint density at radius 3 is 2.60 bits per heavy atom. The van der Waals surface area contributed by atoms with Crippen LogP contribution in [0.2, 0.25) is 0 Å². The molecule has 25 heavy (non-hydrogen) atoms. The molecule has 0 aliphatic rings. The van der Waals surface area contributed by atoms with Gasteiger partial charge in [0.2, 0.25) is 6.20 Å². The Bertz CT molecular complexity index is 800. The molecule has 0 N–H and O–H groups in total. The van der Waals surface area contributed by atoms with Crippen molar-refractivity contribution >= 4 is 12.0 Å². The van der Waals surface area contributed by atoms with Gasteiger partial charge in [0.15, 0.2) is 18.1 Å². The Morgan fingerprint density at radius 2 is 1.92 bits per heavy atom. The molecule has 0 bridgehead atoms. The van der Waals surface area contributed by atoms with Crippen molar-refractivity contribution in [2.45, 2.75) is 6.92 Å². The SMILES string of the molecule is COc1cc(C=C[N+](=O)[O-])ccc1OC(=O)COc1ccccc1C. The van der Waals surface area contributed by atoms with Gasteiger partial charge in [-0.2, -0.15) is 0 Å². The van der Waals surface area contributed by atoms with Crippen molar-refractivity contribution in [3.8, 4) is 17.2 Å². The summed E-state index contributed by atoms with van der Waals surface area (Å²) in [5, 5.41) is 10.4. The fourth-order valence-electron chi connectivity index (χ4n) is 2.03. The highest BCUT2D eigenvalue weighted by Crippen LogP contribution is 2.28. The molecular weight excluding hydrogens is 326 g/mol. The number of para-hydroxylation sites is 1. The lowest BCUT2D eigenvalue weighted by atomic mass is 10.2. The van der Waals surface area contributed by atoms with E-state index < -0.39 is 10.9 Å². The molecule has 0 radical (unpaired) electrons. The van der Waals surface area contributed by atoms with E-state index >= 15 is 0 Å². The maximum atomic E-state index is 12.0. The second-order valence-electron chi connectivity index (χ2n) is 5.04. The topological polar surface area (TPSA) is 87.9 Å². The maximum absolute atomic E-state index is 12.0. The number of aryl methyl sites for hydroxylation is 1. The first-order valence-electron chi connectivity index (χ1n) is 7.38. The predicted octanol–water partition coefficient (Wildman–Crippen LogP) is 3.24. The molecule has 0 saturated heterocycles. The van der Waals surface area contributed by atoms with E-state index in [1.54, 1.807) is 12.1 Å². The zero-order valence-electron chi connectivity index (χ0n) is 13.8. The third-order valence-electron chi connectivity index (χ3n) is 3.24. The fraction of sp³-hybridized carbons (Fsp3) is 0.167. The first kappa shape index (κ1) is 18.0. The minimum Gasteiger partial charge on any atom is -0.493 e. The van der Waals surface area contributed by atoms with Crippen LogP contribution in [-0.4, -0.2) is 24.6 Å². The van der Waals surface area contributed by atoms with Crippen LogP contribution in [0.5, 0.6) is 17.2 Å². The summed E-state index contributed by atoms with van der Waals surface area (Å²) in [5.74, 6) is 0.510. The summed E-state index contributed by atoms with van der Waals surface area (Å²) >= 11 is 0. The van der Waals surface area contributed by atoms with E-state index in [-0.39, 0.29) is 18.1 Å². The first-order chi connectivity index (χ1) is 12.0. The van der Waals surface area contributed by atoms with Gasteiger partial charge in [0.25, 0.3) is 0 Å². The molecule has 2 aromatic carbocycles. The number of nitrogens with zero attached hydrogens (tertiary/aromatic N) is 1. The minimum absolute atomic E-state index is 0.208. The summed E-state index contributed by atoms with van der Waals surface area (Å²) in [6, 6.07) is 11.9. The van der Waals surface area contributed by atoms with Crippen molar-refractivity contribution in [2.75, 3.05) is 13.7 Å². The van der Waals surface area contributed by atoms with Crippen molar-refractivity contribution in [2.24, 2.45) is 0 Å². The Morgan fingerprint density at radius 1 is 1.16 bits per heavy atom. The summed E-state index contributed by atoms with van der Waals surface area (Å²) in [6.07, 6.45) is 2.13. The lowest BCUT2D eigenvalue weighted by molar-refractivity contribution is -0.400. The summed E-state index contributed by atoms with van der Waals surface area (Å²) in [7, 11) is 1.41. The van der Waals surface area contributed by atoms with Crippen LogP contribution in [0.1, 0.15) is 11.1 Å². The number of hydrogen-bond acceptors (Lipinski definition) is 6. The molecule has 0 aliphatic carbocycles. The summed E-state index contributed by atoms with van der Waals surface area (Å²) in [5.41, 5.74) is 1.46. The van der Waals surface area contributed by atoms with Crippen LogP contribution in [0.15, 0.2) is 48.7 Å². The number of carbonyl (C=O) groups excluding carboxylic acids is 1. The molecule has 0 spiro atoms. The van der Waals surface area contributed by atoms with Crippen LogP contribution in [0.4, 0.5) is 0 Å². The fourth-order valence-corrected chi connectivity index (χ4v) is 2.03. The van der Waals surface area contributed by atoms with Crippen LogP contribution in [-0.2, 0) is 4.79 Å². The number of benzene rings is 2. The first-order valence-corrected chi connectivity index (χ1v) is 7.38. The Kier molecular flexibility index (Phi) is 6.11. The molecule has 7 nitrogen and oxygen atoms in total. The van der Waals surface area contributed by atoms with E-state index in [2.05, 4.69) is 0 Å². The Labute approximate surface area is 144 Å². The van der Waals surface area contributed by atoms with Crippen molar-refractivity contribution in [3.05, 3.63) is 69.9 Å². The molecule has 0 aromatic heterocycles. The lowest BCUT2D eigenvalue weighted by Gasteiger charge is -2.11. The molecule has 0 heterocycles. The van der Waals surface area contributed by atoms with Gasteiger partial charge in [-0.15, -0.1) is 0 Å². The van der Waals surface area contributed by atoms with Gasteiger partial charge in [0.1, 0.15) is 5.75 Å². The standard InChI is InChI=1S/C18H17NO6/c1-13-5-3-4-6-15(13)24-12-18(20)25-16-8-7-14(9-10-19(21)22)11-17(16)23-2/h3-11H,12H2,1-2H3. The van der Waals surface area contributed by atoms with Crippen LogP contribution in [0.3, 0.4) is 0 Å². The normalized spacial score (nSPS) is 10.5. The highest BCUT2D eigenvalue weighted by atomic mass is 16.6. The summed E-state index contributed by atoms with van der Waals surface area (Å²) in [4.78, 5) is 21.7. The number of hydrogen-bond donors (Lipinski definition) is 0. The zero-order chi connectivity index (χ0) is 18.2. The van der Waals surface area contributed by atoms with Gasteiger partial charge in [-0.3, -0.25) is 10.1 Å². The molecule has 0 fully saturated rings. The van der Waals surface area contributed by atoms with Gasteiger partial charge < -0.3 is 14.2 Å². The molecule has 0 aliphatic heterocycles. The van der Waals surface area contributed by atoms with Crippen LogP contribution >= 0.6 is 0 Å². The number of rotatable bonds is 7. The predicted molar refractivity (Wildman–Crippen MR) is 91.3 cm³/mol. The molecule has 0 saturated carbocycles. The van der Waals surface area contributed by atoms with E-state index in [0.717, 1.165) is 11.8 Å². The highest BCUT2D eigenvalue weighted by Gasteiger charge is 2.12. The number of esters is 1.